The molecular weight excluding hydrogens is 374 g/mol. The Morgan fingerprint density at radius 3 is 2.50 bits per heavy atom. The number of aromatic nitrogens is 2. The van der Waals surface area contributed by atoms with Crippen LogP contribution in [0.4, 0.5) is 0 Å². The maximum Gasteiger partial charge on any atom is 0.247 e. The standard InChI is InChI=1S/C18H18ClN3O3S/c1-12-3-8-16(13(2)11-12)26(23,24)20-10-9-17-21-22-18(25-17)14-4-6-15(19)7-5-14/h3-8,11,20H,9-10H2,1-2H3. The van der Waals surface area contributed by atoms with Crippen molar-refractivity contribution >= 4 is 21.6 Å². The number of sulfonamides is 1. The highest BCUT2D eigenvalue weighted by molar-refractivity contribution is 7.89. The molecule has 0 saturated heterocycles. The van der Waals surface area contributed by atoms with Crippen LogP contribution in [0.5, 0.6) is 0 Å². The van der Waals surface area contributed by atoms with Gasteiger partial charge in [-0.05, 0) is 49.7 Å². The van der Waals surface area contributed by atoms with Crippen molar-refractivity contribution in [3.8, 4) is 11.5 Å². The van der Waals surface area contributed by atoms with E-state index in [9.17, 15) is 8.42 Å². The molecule has 1 heterocycles. The molecule has 0 aliphatic carbocycles. The van der Waals surface area contributed by atoms with Crippen LogP contribution in [0.2, 0.25) is 5.02 Å². The Morgan fingerprint density at radius 1 is 1.08 bits per heavy atom. The van der Waals surface area contributed by atoms with Crippen LogP contribution in [0.1, 0.15) is 17.0 Å². The van der Waals surface area contributed by atoms with E-state index in [1.807, 2.05) is 13.0 Å². The number of halogens is 1. The summed E-state index contributed by atoms with van der Waals surface area (Å²) < 4.78 is 33.0. The Morgan fingerprint density at radius 2 is 1.81 bits per heavy atom. The number of hydrogen-bond acceptors (Lipinski definition) is 5. The van der Waals surface area contributed by atoms with Crippen LogP contribution in [-0.2, 0) is 16.4 Å². The number of aryl methyl sites for hydroxylation is 2. The van der Waals surface area contributed by atoms with Gasteiger partial charge in [0, 0.05) is 23.6 Å². The van der Waals surface area contributed by atoms with Gasteiger partial charge in [0.25, 0.3) is 0 Å². The molecule has 1 aromatic heterocycles. The Kier molecular flexibility index (Phi) is 5.41. The number of rotatable bonds is 6. The highest BCUT2D eigenvalue weighted by Crippen LogP contribution is 2.20. The summed E-state index contributed by atoms with van der Waals surface area (Å²) in [6, 6.07) is 12.3. The lowest BCUT2D eigenvalue weighted by atomic mass is 10.2. The van der Waals surface area contributed by atoms with Gasteiger partial charge in [0.2, 0.25) is 21.8 Å². The van der Waals surface area contributed by atoms with Gasteiger partial charge in [-0.3, -0.25) is 0 Å². The average molecular weight is 392 g/mol. The molecule has 0 atom stereocenters. The lowest BCUT2D eigenvalue weighted by Crippen LogP contribution is -2.26. The molecule has 0 aliphatic rings. The van der Waals surface area contributed by atoms with E-state index < -0.39 is 10.0 Å². The molecule has 0 bridgehead atoms. The fraction of sp³-hybridized carbons (Fsp3) is 0.222. The quantitative estimate of drug-likeness (QED) is 0.694. The van der Waals surface area contributed by atoms with Crippen LogP contribution in [-0.4, -0.2) is 25.2 Å². The van der Waals surface area contributed by atoms with Gasteiger partial charge in [-0.25, -0.2) is 13.1 Å². The van der Waals surface area contributed by atoms with Crippen molar-refractivity contribution < 1.29 is 12.8 Å². The summed E-state index contributed by atoms with van der Waals surface area (Å²) >= 11 is 5.85. The van der Waals surface area contributed by atoms with Gasteiger partial charge >= 0.3 is 0 Å². The summed E-state index contributed by atoms with van der Waals surface area (Å²) in [6.45, 7) is 3.86. The molecular formula is C18H18ClN3O3S. The van der Waals surface area contributed by atoms with Crippen LogP contribution in [0, 0.1) is 13.8 Å². The summed E-state index contributed by atoms with van der Waals surface area (Å²) in [6.07, 6.45) is 0.296. The molecule has 0 fully saturated rings. The fourth-order valence-corrected chi connectivity index (χ4v) is 3.92. The van der Waals surface area contributed by atoms with E-state index in [1.54, 1.807) is 43.3 Å². The summed E-state index contributed by atoms with van der Waals surface area (Å²) in [5, 5.41) is 8.55. The molecule has 0 spiro atoms. The van der Waals surface area contributed by atoms with Crippen LogP contribution in [0.25, 0.3) is 11.5 Å². The van der Waals surface area contributed by atoms with Crippen molar-refractivity contribution in [3.05, 3.63) is 64.5 Å². The minimum atomic E-state index is -3.58. The minimum absolute atomic E-state index is 0.165. The van der Waals surface area contributed by atoms with Crippen molar-refractivity contribution in [2.24, 2.45) is 0 Å². The third-order valence-electron chi connectivity index (χ3n) is 3.81. The first kappa shape index (κ1) is 18.6. The van der Waals surface area contributed by atoms with E-state index in [1.165, 1.54) is 0 Å². The first-order valence-corrected chi connectivity index (χ1v) is 9.86. The van der Waals surface area contributed by atoms with Gasteiger partial charge in [0.15, 0.2) is 0 Å². The third kappa shape index (κ3) is 4.30. The minimum Gasteiger partial charge on any atom is -0.421 e. The number of benzene rings is 2. The van der Waals surface area contributed by atoms with Crippen LogP contribution in [0.15, 0.2) is 51.8 Å². The van der Waals surface area contributed by atoms with Gasteiger partial charge in [-0.2, -0.15) is 0 Å². The Balaban J connectivity index is 1.64. The van der Waals surface area contributed by atoms with E-state index in [2.05, 4.69) is 14.9 Å². The zero-order chi connectivity index (χ0) is 18.7. The second kappa shape index (κ2) is 7.57. The van der Waals surface area contributed by atoms with Gasteiger partial charge in [-0.1, -0.05) is 29.3 Å². The fourth-order valence-electron chi connectivity index (χ4n) is 2.53. The summed E-state index contributed by atoms with van der Waals surface area (Å²) in [4.78, 5) is 0.274. The predicted octanol–water partition coefficient (Wildman–Crippen LogP) is 3.53. The van der Waals surface area contributed by atoms with Crippen molar-refractivity contribution in [3.63, 3.8) is 0 Å². The highest BCUT2D eigenvalue weighted by Gasteiger charge is 2.17. The smallest absolute Gasteiger partial charge is 0.247 e. The van der Waals surface area contributed by atoms with Crippen molar-refractivity contribution in [2.75, 3.05) is 6.54 Å². The van der Waals surface area contributed by atoms with Crippen LogP contribution in [0.3, 0.4) is 0 Å². The molecule has 0 radical (unpaired) electrons. The van der Waals surface area contributed by atoms with Crippen LogP contribution < -0.4 is 4.72 Å². The molecule has 0 aliphatic heterocycles. The molecule has 136 valence electrons. The number of nitrogens with one attached hydrogen (secondary N) is 1. The molecule has 3 aromatic rings. The Hall–Kier alpha value is -2.22. The number of nitrogens with zero attached hydrogens (tertiary/aromatic N) is 2. The first-order valence-electron chi connectivity index (χ1n) is 8.00. The van der Waals surface area contributed by atoms with Gasteiger partial charge in [0.1, 0.15) is 0 Å². The monoisotopic (exact) mass is 391 g/mol. The molecule has 6 nitrogen and oxygen atoms in total. The molecule has 2 aromatic carbocycles. The van der Waals surface area contributed by atoms with E-state index in [0.29, 0.717) is 28.8 Å². The van der Waals surface area contributed by atoms with Gasteiger partial charge in [0.05, 0.1) is 4.90 Å². The van der Waals surface area contributed by atoms with E-state index in [-0.39, 0.29) is 11.4 Å². The summed E-state index contributed by atoms with van der Waals surface area (Å²) in [5.74, 6) is 0.729. The molecule has 0 unspecified atom stereocenters. The van der Waals surface area contributed by atoms with Crippen molar-refractivity contribution in [2.45, 2.75) is 25.2 Å². The first-order chi connectivity index (χ1) is 12.3. The van der Waals surface area contributed by atoms with E-state index >= 15 is 0 Å². The van der Waals surface area contributed by atoms with Gasteiger partial charge in [-0.15, -0.1) is 10.2 Å². The molecule has 0 amide bonds. The lowest BCUT2D eigenvalue weighted by Gasteiger charge is -2.09. The largest absolute Gasteiger partial charge is 0.421 e. The SMILES string of the molecule is Cc1ccc(S(=O)(=O)NCCc2nnc(-c3ccc(Cl)cc3)o2)c(C)c1. The van der Waals surface area contributed by atoms with E-state index in [4.69, 9.17) is 16.0 Å². The van der Waals surface area contributed by atoms with E-state index in [0.717, 1.165) is 11.1 Å². The zero-order valence-corrected chi connectivity index (χ0v) is 15.9. The summed E-state index contributed by atoms with van der Waals surface area (Å²) in [5.41, 5.74) is 2.48. The highest BCUT2D eigenvalue weighted by atomic mass is 35.5. The number of hydrogen-bond donors (Lipinski definition) is 1. The maximum atomic E-state index is 12.4. The third-order valence-corrected chi connectivity index (χ3v) is 5.68. The van der Waals surface area contributed by atoms with Crippen molar-refractivity contribution in [1.82, 2.24) is 14.9 Å². The normalized spacial score (nSPS) is 11.7. The molecule has 0 saturated carbocycles. The van der Waals surface area contributed by atoms with Crippen LogP contribution >= 0.6 is 11.6 Å². The second-order valence-corrected chi connectivity index (χ2v) is 8.10. The predicted molar refractivity (Wildman–Crippen MR) is 99.6 cm³/mol. The molecule has 8 heteroatoms. The molecule has 3 rings (SSSR count). The lowest BCUT2D eigenvalue weighted by molar-refractivity contribution is 0.502. The Bertz CT molecular complexity index is 1010. The average Bonchev–Trinajstić information content (AvgIpc) is 3.04. The second-order valence-electron chi connectivity index (χ2n) is 5.92. The summed E-state index contributed by atoms with van der Waals surface area (Å²) in [7, 11) is -3.58. The Labute approximate surface area is 157 Å². The van der Waals surface area contributed by atoms with Crippen molar-refractivity contribution in [1.29, 1.82) is 0 Å². The topological polar surface area (TPSA) is 85.1 Å². The van der Waals surface area contributed by atoms with Gasteiger partial charge < -0.3 is 4.42 Å². The molecule has 1 N–H and O–H groups in total. The zero-order valence-electron chi connectivity index (χ0n) is 14.4. The molecule has 26 heavy (non-hydrogen) atoms. The maximum absolute atomic E-state index is 12.4.